The molecule has 4 rings (SSSR count). The van der Waals surface area contributed by atoms with Crippen LogP contribution in [0, 0.1) is 5.41 Å². The van der Waals surface area contributed by atoms with Crippen molar-refractivity contribution in [3.8, 4) is 34.3 Å². The minimum atomic E-state index is -0.161. The average molecular weight is 396 g/mol. The maximum Gasteiger partial charge on any atom is 0.221 e. The predicted octanol–water partition coefficient (Wildman–Crippen LogP) is 5.20. The molecule has 3 aromatic carbocycles. The van der Waals surface area contributed by atoms with Crippen molar-refractivity contribution < 1.29 is 9.47 Å². The molecule has 148 valence electrons. The molecular formula is C24H20N4O2. The molecule has 1 heterocycles. The second-order valence-corrected chi connectivity index (χ2v) is 6.54. The number of hydrogen-bond acceptors (Lipinski definition) is 5. The summed E-state index contributed by atoms with van der Waals surface area (Å²) < 4.78 is 11.7. The first-order chi connectivity index (χ1) is 14.6. The molecule has 0 amide bonds. The number of nitrogens with one attached hydrogen (secondary N) is 1. The maximum absolute atomic E-state index is 7.94. The van der Waals surface area contributed by atoms with Gasteiger partial charge in [-0.05, 0) is 42.0 Å². The Hall–Kier alpha value is -4.32. The predicted molar refractivity (Wildman–Crippen MR) is 118 cm³/mol. The number of ether oxygens (including phenoxy) is 2. The smallest absolute Gasteiger partial charge is 0.221 e. The number of rotatable bonds is 6. The molecule has 5 N–H and O–H groups in total. The Balaban J connectivity index is 1.68. The summed E-state index contributed by atoms with van der Waals surface area (Å²) in [7, 11) is 0. The first-order valence-electron chi connectivity index (χ1n) is 9.31. The summed E-state index contributed by atoms with van der Waals surface area (Å²) in [6, 6.07) is 28.0. The number of hydrogen-bond donors (Lipinski definition) is 3. The maximum atomic E-state index is 7.94. The molecule has 0 atom stereocenters. The van der Waals surface area contributed by atoms with E-state index < -0.39 is 0 Å². The lowest BCUT2D eigenvalue weighted by atomic mass is 10.00. The van der Waals surface area contributed by atoms with Gasteiger partial charge in [-0.2, -0.15) is 4.98 Å². The lowest BCUT2D eigenvalue weighted by Gasteiger charge is -2.14. The van der Waals surface area contributed by atoms with Crippen LogP contribution in [0.5, 0.6) is 23.1 Å². The Morgan fingerprint density at radius 1 is 0.733 bits per heavy atom. The molecule has 0 spiro atoms. The van der Waals surface area contributed by atoms with Crippen LogP contribution >= 0.6 is 0 Å². The number of amidine groups is 1. The lowest BCUT2D eigenvalue weighted by molar-refractivity contribution is 0.464. The molecule has 4 aromatic rings. The first kappa shape index (κ1) is 19.0. The van der Waals surface area contributed by atoms with E-state index in [4.69, 9.17) is 26.4 Å². The third-order valence-corrected chi connectivity index (χ3v) is 4.40. The summed E-state index contributed by atoms with van der Waals surface area (Å²) in [5, 5.41) is 7.94. The van der Waals surface area contributed by atoms with Gasteiger partial charge in [-0.15, -0.1) is 0 Å². The fourth-order valence-corrected chi connectivity index (χ4v) is 3.04. The Kier molecular flexibility index (Phi) is 5.30. The van der Waals surface area contributed by atoms with Crippen molar-refractivity contribution >= 4 is 11.7 Å². The molecule has 0 aliphatic carbocycles. The minimum Gasteiger partial charge on any atom is -0.457 e. The van der Waals surface area contributed by atoms with E-state index in [1.807, 2.05) is 84.9 Å². The molecule has 0 unspecified atom stereocenters. The van der Waals surface area contributed by atoms with E-state index in [-0.39, 0.29) is 11.7 Å². The number of para-hydroxylation sites is 2. The van der Waals surface area contributed by atoms with Gasteiger partial charge in [0.1, 0.15) is 28.9 Å². The van der Waals surface area contributed by atoms with Crippen LogP contribution in [0.3, 0.4) is 0 Å². The molecule has 0 bridgehead atoms. The Morgan fingerprint density at radius 3 is 1.83 bits per heavy atom. The van der Waals surface area contributed by atoms with Crippen molar-refractivity contribution in [3.63, 3.8) is 0 Å². The van der Waals surface area contributed by atoms with Gasteiger partial charge >= 0.3 is 0 Å². The highest BCUT2D eigenvalue weighted by Crippen LogP contribution is 2.33. The zero-order valence-electron chi connectivity index (χ0n) is 16.1. The third kappa shape index (κ3) is 4.23. The summed E-state index contributed by atoms with van der Waals surface area (Å²) in [5.41, 5.74) is 13.7. The summed E-state index contributed by atoms with van der Waals surface area (Å²) in [5.74, 6) is 2.38. The summed E-state index contributed by atoms with van der Waals surface area (Å²) >= 11 is 0. The van der Waals surface area contributed by atoms with Crippen LogP contribution in [0.4, 0.5) is 5.82 Å². The van der Waals surface area contributed by atoms with Crippen LogP contribution in [-0.4, -0.2) is 10.8 Å². The van der Waals surface area contributed by atoms with E-state index in [1.165, 1.54) is 0 Å². The van der Waals surface area contributed by atoms with E-state index in [9.17, 15) is 0 Å². The van der Waals surface area contributed by atoms with E-state index in [2.05, 4.69) is 4.98 Å². The van der Waals surface area contributed by atoms with Crippen LogP contribution < -0.4 is 20.9 Å². The van der Waals surface area contributed by atoms with E-state index in [0.29, 0.717) is 28.5 Å². The van der Waals surface area contributed by atoms with Gasteiger partial charge in [0.15, 0.2) is 0 Å². The van der Waals surface area contributed by atoms with Gasteiger partial charge in [-0.25, -0.2) is 0 Å². The van der Waals surface area contributed by atoms with Crippen molar-refractivity contribution in [3.05, 3.63) is 96.6 Å². The van der Waals surface area contributed by atoms with Gasteiger partial charge < -0.3 is 20.9 Å². The van der Waals surface area contributed by atoms with Crippen LogP contribution in [-0.2, 0) is 0 Å². The molecule has 1 aromatic heterocycles. The number of pyridine rings is 1. The van der Waals surface area contributed by atoms with Gasteiger partial charge in [0, 0.05) is 11.6 Å². The molecule has 30 heavy (non-hydrogen) atoms. The second kappa shape index (κ2) is 8.36. The zero-order chi connectivity index (χ0) is 20.9. The van der Waals surface area contributed by atoms with Crippen molar-refractivity contribution in [2.24, 2.45) is 5.73 Å². The molecule has 0 aliphatic rings. The van der Waals surface area contributed by atoms with E-state index >= 15 is 0 Å². The second-order valence-electron chi connectivity index (χ2n) is 6.54. The lowest BCUT2D eigenvalue weighted by Crippen LogP contribution is -2.16. The summed E-state index contributed by atoms with van der Waals surface area (Å²) in [6.45, 7) is 0. The minimum absolute atomic E-state index is 0.135. The fraction of sp³-hybridized carbons (Fsp3) is 0. The van der Waals surface area contributed by atoms with Crippen molar-refractivity contribution in [2.75, 3.05) is 5.73 Å². The monoisotopic (exact) mass is 396 g/mol. The van der Waals surface area contributed by atoms with Crippen LogP contribution in [0.1, 0.15) is 5.56 Å². The van der Waals surface area contributed by atoms with Crippen molar-refractivity contribution in [1.82, 2.24) is 4.98 Å². The van der Waals surface area contributed by atoms with Crippen LogP contribution in [0.15, 0.2) is 91.0 Å². The molecule has 6 heteroatoms. The third-order valence-electron chi connectivity index (χ3n) is 4.40. The Bertz CT molecular complexity index is 1160. The Labute approximate surface area is 174 Å². The molecular weight excluding hydrogens is 376 g/mol. The van der Waals surface area contributed by atoms with Crippen LogP contribution in [0.2, 0.25) is 0 Å². The van der Waals surface area contributed by atoms with Crippen molar-refractivity contribution in [2.45, 2.75) is 0 Å². The molecule has 0 radical (unpaired) electrons. The molecule has 0 saturated carbocycles. The SMILES string of the molecule is N=C(N)c1c(-c2ccc(Oc3ccccc3)cc2)cc(Oc2ccccc2)nc1N. The summed E-state index contributed by atoms with van der Waals surface area (Å²) in [6.07, 6.45) is 0. The van der Waals surface area contributed by atoms with Gasteiger partial charge in [0.2, 0.25) is 5.88 Å². The standard InChI is InChI=1S/C24H20N4O2/c25-23(26)22-20(15-21(28-24(22)27)30-18-9-5-2-6-10-18)16-11-13-19(14-12-16)29-17-7-3-1-4-8-17/h1-15H,(H3,25,26)(H2,27,28). The molecule has 6 nitrogen and oxygen atoms in total. The number of nitrogen functional groups attached to an aromatic ring is 2. The summed E-state index contributed by atoms with van der Waals surface area (Å²) in [4.78, 5) is 4.26. The number of aromatic nitrogens is 1. The quantitative estimate of drug-likeness (QED) is 0.307. The first-order valence-corrected chi connectivity index (χ1v) is 9.31. The van der Waals surface area contributed by atoms with E-state index in [0.717, 1.165) is 11.3 Å². The normalized spacial score (nSPS) is 10.4. The highest BCUT2D eigenvalue weighted by molar-refractivity contribution is 6.05. The number of benzene rings is 3. The topological polar surface area (TPSA) is 107 Å². The molecule has 0 saturated heterocycles. The largest absolute Gasteiger partial charge is 0.457 e. The van der Waals surface area contributed by atoms with Gasteiger partial charge in [0.25, 0.3) is 0 Å². The number of anilines is 1. The van der Waals surface area contributed by atoms with E-state index in [1.54, 1.807) is 6.07 Å². The average Bonchev–Trinajstić information content (AvgIpc) is 2.75. The van der Waals surface area contributed by atoms with Gasteiger partial charge in [-0.1, -0.05) is 48.5 Å². The Morgan fingerprint density at radius 2 is 1.27 bits per heavy atom. The molecule has 0 aliphatic heterocycles. The number of nitrogens with zero attached hydrogens (tertiary/aromatic N) is 1. The van der Waals surface area contributed by atoms with Gasteiger partial charge in [-0.3, -0.25) is 5.41 Å². The number of nitrogens with two attached hydrogens (primary N) is 2. The zero-order valence-corrected chi connectivity index (χ0v) is 16.1. The molecule has 0 fully saturated rings. The van der Waals surface area contributed by atoms with Crippen LogP contribution in [0.25, 0.3) is 11.1 Å². The highest BCUT2D eigenvalue weighted by Gasteiger charge is 2.16. The highest BCUT2D eigenvalue weighted by atomic mass is 16.5. The van der Waals surface area contributed by atoms with Crippen molar-refractivity contribution in [1.29, 1.82) is 5.41 Å². The van der Waals surface area contributed by atoms with Gasteiger partial charge in [0.05, 0.1) is 5.56 Å². The fourth-order valence-electron chi connectivity index (χ4n) is 3.04.